The number of carbonyl (C=O) groups excluding carboxylic acids is 2. The van der Waals surface area contributed by atoms with E-state index in [-0.39, 0.29) is 23.8 Å². The van der Waals surface area contributed by atoms with Crippen LogP contribution in [0.1, 0.15) is 48.9 Å². The summed E-state index contributed by atoms with van der Waals surface area (Å²) < 4.78 is 5.06. The average Bonchev–Trinajstić information content (AvgIpc) is 3.10. The molecular weight excluding hydrogens is 306 g/mol. The zero-order valence-corrected chi connectivity index (χ0v) is 14.2. The highest BCUT2D eigenvalue weighted by Crippen LogP contribution is 2.32. The number of rotatable bonds is 2. The maximum absolute atomic E-state index is 13.0. The third-order valence-corrected chi connectivity index (χ3v) is 5.04. The summed E-state index contributed by atoms with van der Waals surface area (Å²) in [5.41, 5.74) is 0.555. The maximum atomic E-state index is 13.0. The van der Waals surface area contributed by atoms with Gasteiger partial charge in [0.1, 0.15) is 0 Å². The van der Waals surface area contributed by atoms with Crippen molar-refractivity contribution in [2.75, 3.05) is 20.2 Å². The fourth-order valence-electron chi connectivity index (χ4n) is 3.76. The van der Waals surface area contributed by atoms with Crippen LogP contribution in [0.2, 0.25) is 0 Å². The summed E-state index contributed by atoms with van der Waals surface area (Å²) >= 11 is 0. The monoisotopic (exact) mass is 331 g/mol. The van der Waals surface area contributed by atoms with E-state index in [1.165, 1.54) is 0 Å². The zero-order valence-electron chi connectivity index (χ0n) is 14.2. The lowest BCUT2D eigenvalue weighted by molar-refractivity contribution is -0.126. The highest BCUT2D eigenvalue weighted by atomic mass is 16.5. The summed E-state index contributed by atoms with van der Waals surface area (Å²) in [6.07, 6.45) is 7.26. The Hall–Kier alpha value is -2.11. The summed E-state index contributed by atoms with van der Waals surface area (Å²) in [6.45, 7) is 1.46. The van der Waals surface area contributed by atoms with Gasteiger partial charge in [0.05, 0.1) is 18.6 Å². The van der Waals surface area contributed by atoms with E-state index in [1.807, 2.05) is 4.90 Å². The summed E-state index contributed by atoms with van der Waals surface area (Å²) in [7, 11) is 1.55. The minimum atomic E-state index is -0.0849. The molecule has 130 valence electrons. The first kappa shape index (κ1) is 16.7. The van der Waals surface area contributed by atoms with E-state index in [4.69, 9.17) is 4.74 Å². The molecular formula is C18H25N3O3. The van der Waals surface area contributed by atoms with E-state index in [9.17, 15) is 9.59 Å². The molecule has 1 aromatic heterocycles. The van der Waals surface area contributed by atoms with Crippen molar-refractivity contribution in [3.05, 3.63) is 23.9 Å². The van der Waals surface area contributed by atoms with Gasteiger partial charge in [0.2, 0.25) is 11.8 Å². The molecule has 0 spiro atoms. The van der Waals surface area contributed by atoms with Crippen molar-refractivity contribution in [1.29, 1.82) is 0 Å². The van der Waals surface area contributed by atoms with Crippen LogP contribution >= 0.6 is 0 Å². The smallest absolute Gasteiger partial charge is 0.255 e. The molecule has 2 unspecified atom stereocenters. The van der Waals surface area contributed by atoms with Crippen LogP contribution in [0.4, 0.5) is 0 Å². The Labute approximate surface area is 142 Å². The normalized spacial score (nSPS) is 24.9. The van der Waals surface area contributed by atoms with Gasteiger partial charge in [-0.05, 0) is 38.2 Å². The molecule has 0 bridgehead atoms. The van der Waals surface area contributed by atoms with E-state index in [2.05, 4.69) is 10.3 Å². The molecule has 0 aromatic carbocycles. The van der Waals surface area contributed by atoms with E-state index in [1.54, 1.807) is 25.4 Å². The van der Waals surface area contributed by atoms with Gasteiger partial charge < -0.3 is 15.0 Å². The van der Waals surface area contributed by atoms with Gasteiger partial charge in [0.15, 0.2) is 0 Å². The van der Waals surface area contributed by atoms with Crippen LogP contribution in [0.3, 0.4) is 0 Å². The molecule has 3 rings (SSSR count). The second-order valence-electron chi connectivity index (χ2n) is 6.54. The highest BCUT2D eigenvalue weighted by Gasteiger charge is 2.39. The van der Waals surface area contributed by atoms with Crippen LogP contribution in [0.15, 0.2) is 18.3 Å². The van der Waals surface area contributed by atoms with Gasteiger partial charge >= 0.3 is 0 Å². The Morgan fingerprint density at radius 3 is 2.88 bits per heavy atom. The van der Waals surface area contributed by atoms with E-state index >= 15 is 0 Å². The lowest BCUT2D eigenvalue weighted by Crippen LogP contribution is -2.48. The molecule has 2 fully saturated rings. The fourth-order valence-corrected chi connectivity index (χ4v) is 3.76. The quantitative estimate of drug-likeness (QED) is 0.900. The number of ether oxygens (including phenoxy) is 1. The van der Waals surface area contributed by atoms with Crippen LogP contribution < -0.4 is 10.1 Å². The predicted molar refractivity (Wildman–Crippen MR) is 89.8 cm³/mol. The number of pyridine rings is 1. The summed E-state index contributed by atoms with van der Waals surface area (Å²) in [6, 6.07) is 3.45. The number of methoxy groups -OCH3 is 1. The molecule has 1 saturated carbocycles. The van der Waals surface area contributed by atoms with Crippen molar-refractivity contribution in [3.8, 4) is 5.88 Å². The van der Waals surface area contributed by atoms with E-state index < -0.39 is 0 Å². The molecule has 1 aromatic rings. The lowest BCUT2D eigenvalue weighted by atomic mass is 9.98. The van der Waals surface area contributed by atoms with Crippen LogP contribution in [0, 0.1) is 5.92 Å². The van der Waals surface area contributed by atoms with Gasteiger partial charge in [-0.2, -0.15) is 0 Å². The second kappa shape index (κ2) is 7.64. The SMILES string of the molecule is COc1ccc(C(=O)N2CCCCCNC(=O)C3CCCC32)cn1. The van der Waals surface area contributed by atoms with Crippen LogP contribution in [-0.2, 0) is 4.79 Å². The van der Waals surface area contributed by atoms with Gasteiger partial charge in [-0.3, -0.25) is 9.59 Å². The van der Waals surface area contributed by atoms with Crippen LogP contribution in [0.5, 0.6) is 5.88 Å². The Kier molecular flexibility index (Phi) is 5.33. The van der Waals surface area contributed by atoms with Gasteiger partial charge in [-0.15, -0.1) is 0 Å². The summed E-state index contributed by atoms with van der Waals surface area (Å²) in [5, 5.41) is 3.03. The van der Waals surface area contributed by atoms with Gasteiger partial charge in [0, 0.05) is 31.4 Å². The molecule has 6 nitrogen and oxygen atoms in total. The molecule has 2 aliphatic rings. The Bertz CT molecular complexity index is 588. The van der Waals surface area contributed by atoms with Crippen molar-refractivity contribution in [2.24, 2.45) is 5.92 Å². The van der Waals surface area contributed by atoms with Crippen LogP contribution in [0.25, 0.3) is 0 Å². The maximum Gasteiger partial charge on any atom is 0.255 e. The Morgan fingerprint density at radius 2 is 2.12 bits per heavy atom. The number of hydrogen-bond acceptors (Lipinski definition) is 4. The zero-order chi connectivity index (χ0) is 16.9. The third kappa shape index (κ3) is 3.52. The molecule has 6 heteroatoms. The minimum absolute atomic E-state index is 0.00213. The highest BCUT2D eigenvalue weighted by molar-refractivity contribution is 5.94. The van der Waals surface area contributed by atoms with Gasteiger partial charge in [-0.25, -0.2) is 4.98 Å². The first-order chi connectivity index (χ1) is 11.7. The second-order valence-corrected chi connectivity index (χ2v) is 6.54. The third-order valence-electron chi connectivity index (χ3n) is 5.04. The van der Waals surface area contributed by atoms with Crippen molar-refractivity contribution in [3.63, 3.8) is 0 Å². The van der Waals surface area contributed by atoms with E-state index in [0.29, 0.717) is 18.0 Å². The topological polar surface area (TPSA) is 71.5 Å². The number of nitrogens with one attached hydrogen (secondary N) is 1. The predicted octanol–water partition coefficient (Wildman–Crippen LogP) is 2.00. The first-order valence-electron chi connectivity index (χ1n) is 8.79. The molecule has 0 radical (unpaired) electrons. The van der Waals surface area contributed by atoms with Crippen LogP contribution in [-0.4, -0.2) is 47.9 Å². The number of carbonyl (C=O) groups is 2. The Morgan fingerprint density at radius 1 is 1.25 bits per heavy atom. The molecule has 2 atom stereocenters. The number of nitrogens with zero attached hydrogens (tertiary/aromatic N) is 2. The average molecular weight is 331 g/mol. The van der Waals surface area contributed by atoms with Gasteiger partial charge in [0.25, 0.3) is 5.91 Å². The fraction of sp³-hybridized carbons (Fsp3) is 0.611. The number of aromatic nitrogens is 1. The molecule has 2 amide bonds. The molecule has 2 heterocycles. The van der Waals surface area contributed by atoms with Crippen molar-refractivity contribution in [1.82, 2.24) is 15.2 Å². The lowest BCUT2D eigenvalue weighted by Gasteiger charge is -2.33. The number of fused-ring (bicyclic) bond motifs is 1. The summed E-state index contributed by atoms with van der Waals surface area (Å²) in [4.78, 5) is 31.5. The van der Waals surface area contributed by atoms with Crippen molar-refractivity contribution in [2.45, 2.75) is 44.6 Å². The first-order valence-corrected chi connectivity index (χ1v) is 8.79. The standard InChI is InChI=1S/C18H25N3O3/c1-24-16-9-8-13(12-20-16)18(23)21-11-4-2-3-10-19-17(22)14-6-5-7-15(14)21/h8-9,12,14-15H,2-7,10-11H2,1H3,(H,19,22). The van der Waals surface area contributed by atoms with Crippen molar-refractivity contribution < 1.29 is 14.3 Å². The molecule has 1 N–H and O–H groups in total. The van der Waals surface area contributed by atoms with E-state index in [0.717, 1.165) is 45.1 Å². The van der Waals surface area contributed by atoms with Gasteiger partial charge in [-0.1, -0.05) is 6.42 Å². The number of hydrogen-bond donors (Lipinski definition) is 1. The summed E-state index contributed by atoms with van der Waals surface area (Å²) in [5.74, 6) is 0.476. The molecule has 24 heavy (non-hydrogen) atoms. The van der Waals surface area contributed by atoms with Crippen molar-refractivity contribution >= 4 is 11.8 Å². The molecule has 1 aliphatic carbocycles. The largest absolute Gasteiger partial charge is 0.481 e. The Balaban J connectivity index is 1.83. The number of amides is 2. The minimum Gasteiger partial charge on any atom is -0.481 e. The molecule has 1 saturated heterocycles. The molecule has 1 aliphatic heterocycles.